The van der Waals surface area contributed by atoms with Crippen molar-refractivity contribution in [3.05, 3.63) is 23.5 Å². The summed E-state index contributed by atoms with van der Waals surface area (Å²) in [6, 6.07) is 4.00. The van der Waals surface area contributed by atoms with Crippen molar-refractivity contribution >= 4 is 28.3 Å². The van der Waals surface area contributed by atoms with E-state index in [9.17, 15) is 0 Å². The van der Waals surface area contributed by atoms with E-state index >= 15 is 0 Å². The maximum Gasteiger partial charge on any atom is 0.139 e. The lowest BCUT2D eigenvalue weighted by atomic mass is 10.1. The third-order valence-corrected chi connectivity index (χ3v) is 3.99. The summed E-state index contributed by atoms with van der Waals surface area (Å²) in [6.07, 6.45) is 2.65. The number of ether oxygens (including phenoxy) is 2. The number of halogens is 1. The van der Waals surface area contributed by atoms with Crippen LogP contribution in [0.4, 0.5) is 5.82 Å². The summed E-state index contributed by atoms with van der Waals surface area (Å²) in [5.41, 5.74) is 0.690. The van der Waals surface area contributed by atoms with Crippen LogP contribution in [0.15, 0.2) is 18.5 Å². The fourth-order valence-corrected chi connectivity index (χ4v) is 2.74. The van der Waals surface area contributed by atoms with Gasteiger partial charge in [0.05, 0.1) is 24.8 Å². The zero-order valence-electron chi connectivity index (χ0n) is 11.4. The molecule has 1 aromatic carbocycles. The Morgan fingerprint density at radius 1 is 1.40 bits per heavy atom. The summed E-state index contributed by atoms with van der Waals surface area (Å²) in [4.78, 5) is 8.57. The van der Waals surface area contributed by atoms with Gasteiger partial charge in [0.25, 0.3) is 0 Å². The summed E-state index contributed by atoms with van der Waals surface area (Å²) in [6.45, 7) is 2.83. The molecular weight excluding hydrogens is 278 g/mol. The minimum Gasteiger partial charge on any atom is -0.495 e. The number of hydrogen-bond acceptors (Lipinski definition) is 5. The second-order valence-corrected chi connectivity index (χ2v) is 5.19. The van der Waals surface area contributed by atoms with Crippen LogP contribution in [0.5, 0.6) is 5.75 Å². The standard InChI is InChI=1S/C14H16ClN3O2/c1-8-10(5-6-20-8)18-14-9-3-4-11(19-2)12(15)13(9)16-7-17-14/h3-4,7-8,10H,5-6H2,1-2H3,(H,16,17,18). The van der Waals surface area contributed by atoms with Crippen LogP contribution in [-0.4, -0.2) is 35.8 Å². The molecule has 0 spiro atoms. The molecule has 1 aliphatic rings. The zero-order chi connectivity index (χ0) is 14.1. The van der Waals surface area contributed by atoms with Crippen molar-refractivity contribution in [2.24, 2.45) is 0 Å². The molecule has 3 rings (SSSR count). The van der Waals surface area contributed by atoms with E-state index in [0.29, 0.717) is 16.3 Å². The lowest BCUT2D eigenvalue weighted by Crippen LogP contribution is -2.27. The van der Waals surface area contributed by atoms with Crippen LogP contribution >= 0.6 is 11.6 Å². The van der Waals surface area contributed by atoms with Gasteiger partial charge in [0.2, 0.25) is 0 Å². The molecule has 1 saturated heterocycles. The lowest BCUT2D eigenvalue weighted by Gasteiger charge is -2.18. The minimum absolute atomic E-state index is 0.175. The normalized spacial score (nSPS) is 22.1. The van der Waals surface area contributed by atoms with Crippen molar-refractivity contribution < 1.29 is 9.47 Å². The highest BCUT2D eigenvalue weighted by atomic mass is 35.5. The van der Waals surface area contributed by atoms with E-state index in [1.54, 1.807) is 7.11 Å². The van der Waals surface area contributed by atoms with Gasteiger partial charge in [-0.15, -0.1) is 0 Å². The predicted molar refractivity (Wildman–Crippen MR) is 78.5 cm³/mol. The van der Waals surface area contributed by atoms with Gasteiger partial charge in [-0.25, -0.2) is 9.97 Å². The molecule has 1 aromatic heterocycles. The van der Waals surface area contributed by atoms with Crippen molar-refractivity contribution in [3.63, 3.8) is 0 Å². The third kappa shape index (κ3) is 2.27. The van der Waals surface area contributed by atoms with Crippen molar-refractivity contribution in [2.45, 2.75) is 25.5 Å². The van der Waals surface area contributed by atoms with Crippen molar-refractivity contribution in [1.29, 1.82) is 0 Å². The van der Waals surface area contributed by atoms with E-state index in [4.69, 9.17) is 21.1 Å². The molecule has 106 valence electrons. The van der Waals surface area contributed by atoms with Gasteiger partial charge < -0.3 is 14.8 Å². The molecule has 0 radical (unpaired) electrons. The summed E-state index contributed by atoms with van der Waals surface area (Å²) in [5, 5.41) is 4.81. The number of nitrogens with one attached hydrogen (secondary N) is 1. The number of hydrogen-bond donors (Lipinski definition) is 1. The summed E-state index contributed by atoms with van der Waals surface area (Å²) < 4.78 is 10.8. The molecule has 1 N–H and O–H groups in total. The van der Waals surface area contributed by atoms with Crippen LogP contribution < -0.4 is 10.1 Å². The van der Waals surface area contributed by atoms with E-state index < -0.39 is 0 Å². The van der Waals surface area contributed by atoms with Crippen LogP contribution in [-0.2, 0) is 4.74 Å². The van der Waals surface area contributed by atoms with Gasteiger partial charge in [-0.2, -0.15) is 0 Å². The molecular formula is C14H16ClN3O2. The average Bonchev–Trinajstić information content (AvgIpc) is 2.86. The molecule has 6 heteroatoms. The number of aromatic nitrogens is 2. The van der Waals surface area contributed by atoms with E-state index in [1.807, 2.05) is 12.1 Å². The zero-order valence-corrected chi connectivity index (χ0v) is 12.1. The van der Waals surface area contributed by atoms with Gasteiger partial charge in [0.15, 0.2) is 0 Å². The van der Waals surface area contributed by atoms with Gasteiger partial charge in [0, 0.05) is 12.0 Å². The Hall–Kier alpha value is -1.59. The Labute approximate surface area is 122 Å². The number of rotatable bonds is 3. The fourth-order valence-electron chi connectivity index (χ4n) is 2.45. The van der Waals surface area contributed by atoms with Gasteiger partial charge in [-0.1, -0.05) is 11.6 Å². The third-order valence-electron chi connectivity index (χ3n) is 3.63. The van der Waals surface area contributed by atoms with E-state index in [-0.39, 0.29) is 12.1 Å². The Morgan fingerprint density at radius 2 is 2.25 bits per heavy atom. The fraction of sp³-hybridized carbons (Fsp3) is 0.429. The first-order chi connectivity index (χ1) is 9.70. The molecule has 5 nitrogen and oxygen atoms in total. The van der Waals surface area contributed by atoms with Crippen LogP contribution in [0.3, 0.4) is 0 Å². The predicted octanol–water partition coefficient (Wildman–Crippen LogP) is 2.88. The molecule has 1 aliphatic heterocycles. The second-order valence-electron chi connectivity index (χ2n) is 4.82. The van der Waals surface area contributed by atoms with Gasteiger partial charge >= 0.3 is 0 Å². The Balaban J connectivity index is 2.01. The van der Waals surface area contributed by atoms with Crippen LogP contribution in [0.2, 0.25) is 5.02 Å². The number of benzene rings is 1. The molecule has 2 atom stereocenters. The Bertz CT molecular complexity index is 635. The van der Waals surface area contributed by atoms with Gasteiger partial charge in [-0.05, 0) is 25.5 Å². The molecule has 2 aromatic rings. The summed E-state index contributed by atoms with van der Waals surface area (Å²) in [5.74, 6) is 1.39. The maximum absolute atomic E-state index is 6.29. The number of anilines is 1. The summed E-state index contributed by atoms with van der Waals surface area (Å²) in [7, 11) is 1.59. The molecule has 0 aliphatic carbocycles. The largest absolute Gasteiger partial charge is 0.495 e. The topological polar surface area (TPSA) is 56.3 Å². The first-order valence-corrected chi connectivity index (χ1v) is 6.94. The highest BCUT2D eigenvalue weighted by molar-refractivity contribution is 6.36. The molecule has 0 amide bonds. The number of methoxy groups -OCH3 is 1. The molecule has 20 heavy (non-hydrogen) atoms. The average molecular weight is 294 g/mol. The Kier molecular flexibility index (Phi) is 3.63. The molecule has 0 bridgehead atoms. The smallest absolute Gasteiger partial charge is 0.139 e. The second kappa shape index (κ2) is 5.42. The summed E-state index contributed by atoms with van der Waals surface area (Å²) >= 11 is 6.29. The SMILES string of the molecule is COc1ccc2c(NC3CCOC3C)ncnc2c1Cl. The highest BCUT2D eigenvalue weighted by Gasteiger charge is 2.25. The highest BCUT2D eigenvalue weighted by Crippen LogP contribution is 2.34. The van der Waals surface area contributed by atoms with Crippen molar-refractivity contribution in [3.8, 4) is 5.75 Å². The van der Waals surface area contributed by atoms with Gasteiger partial charge in [-0.3, -0.25) is 0 Å². The molecule has 0 saturated carbocycles. The van der Waals surface area contributed by atoms with Crippen molar-refractivity contribution in [2.75, 3.05) is 19.0 Å². The van der Waals surface area contributed by atoms with E-state index in [1.165, 1.54) is 6.33 Å². The molecule has 2 unspecified atom stereocenters. The first kappa shape index (κ1) is 13.4. The quantitative estimate of drug-likeness (QED) is 0.943. The van der Waals surface area contributed by atoms with E-state index in [0.717, 1.165) is 24.2 Å². The van der Waals surface area contributed by atoms with E-state index in [2.05, 4.69) is 22.2 Å². The Morgan fingerprint density at radius 3 is 2.95 bits per heavy atom. The minimum atomic E-state index is 0.175. The van der Waals surface area contributed by atoms with Crippen LogP contribution in [0, 0.1) is 0 Å². The molecule has 2 heterocycles. The van der Waals surface area contributed by atoms with Gasteiger partial charge in [0.1, 0.15) is 22.9 Å². The lowest BCUT2D eigenvalue weighted by molar-refractivity contribution is 0.121. The van der Waals surface area contributed by atoms with Crippen LogP contribution in [0.1, 0.15) is 13.3 Å². The van der Waals surface area contributed by atoms with Crippen molar-refractivity contribution in [1.82, 2.24) is 9.97 Å². The number of nitrogens with zero attached hydrogens (tertiary/aromatic N) is 2. The van der Waals surface area contributed by atoms with Crippen LogP contribution in [0.25, 0.3) is 10.9 Å². The maximum atomic E-state index is 6.29. The first-order valence-electron chi connectivity index (χ1n) is 6.56. The number of fused-ring (bicyclic) bond motifs is 1. The molecule has 1 fully saturated rings. The monoisotopic (exact) mass is 293 g/mol.